The molecule has 2 heteroatoms. The molecule has 2 atom stereocenters. The van der Waals surface area contributed by atoms with E-state index < -0.39 is 0 Å². The van der Waals surface area contributed by atoms with Gasteiger partial charge in [0, 0.05) is 13.0 Å². The summed E-state index contributed by atoms with van der Waals surface area (Å²) in [6.07, 6.45) is 1.82. The van der Waals surface area contributed by atoms with Gasteiger partial charge in [-0.1, -0.05) is 20.3 Å². The number of hydrogen-bond acceptors (Lipinski definition) is 2. The predicted octanol–water partition coefficient (Wildman–Crippen LogP) is 0.964. The van der Waals surface area contributed by atoms with E-state index in [2.05, 4.69) is 19.2 Å². The van der Waals surface area contributed by atoms with Crippen molar-refractivity contribution in [2.24, 2.45) is 5.92 Å². The van der Waals surface area contributed by atoms with Crippen LogP contribution in [0, 0.1) is 5.92 Å². The van der Waals surface area contributed by atoms with E-state index >= 15 is 0 Å². The van der Waals surface area contributed by atoms with E-state index in [1.165, 1.54) is 0 Å². The number of carbonyl (C=O) groups excluding carboxylic acids is 1. The van der Waals surface area contributed by atoms with Crippen molar-refractivity contribution in [2.75, 3.05) is 6.54 Å². The fraction of sp³-hybridized carbons (Fsp3) is 0.875. The number of rotatable bonds is 2. The fourth-order valence-electron chi connectivity index (χ4n) is 1.37. The summed E-state index contributed by atoms with van der Waals surface area (Å²) in [4.78, 5) is 11.1. The molecule has 0 spiro atoms. The molecule has 1 saturated heterocycles. The van der Waals surface area contributed by atoms with Crippen LogP contribution in [0.5, 0.6) is 0 Å². The third-order valence-electron chi connectivity index (χ3n) is 2.30. The molecule has 0 amide bonds. The minimum Gasteiger partial charge on any atom is -0.307 e. The lowest BCUT2D eigenvalue weighted by Gasteiger charge is -2.15. The quantitative estimate of drug-likeness (QED) is 0.620. The lowest BCUT2D eigenvalue weighted by atomic mass is 9.97. The van der Waals surface area contributed by atoms with Gasteiger partial charge < -0.3 is 5.32 Å². The highest BCUT2D eigenvalue weighted by Gasteiger charge is 2.27. The molecule has 0 aromatic carbocycles. The molecular formula is C8H15NO. The molecule has 1 heterocycles. The second kappa shape index (κ2) is 3.15. The second-order valence-corrected chi connectivity index (χ2v) is 3.03. The Morgan fingerprint density at radius 3 is 2.90 bits per heavy atom. The van der Waals surface area contributed by atoms with Crippen LogP contribution in [-0.4, -0.2) is 18.4 Å². The third kappa shape index (κ3) is 1.37. The molecule has 1 N–H and O–H groups in total. The van der Waals surface area contributed by atoms with E-state index in [1.807, 2.05) is 0 Å². The zero-order valence-electron chi connectivity index (χ0n) is 6.68. The first-order chi connectivity index (χ1) is 4.75. The Bertz CT molecular complexity index is 133. The molecule has 0 radical (unpaired) electrons. The molecule has 58 valence electrons. The topological polar surface area (TPSA) is 29.1 Å². The third-order valence-corrected chi connectivity index (χ3v) is 2.30. The van der Waals surface area contributed by atoms with Gasteiger partial charge in [0.2, 0.25) is 0 Å². The van der Waals surface area contributed by atoms with Crippen LogP contribution < -0.4 is 5.32 Å². The van der Waals surface area contributed by atoms with Crippen LogP contribution in [0.3, 0.4) is 0 Å². The van der Waals surface area contributed by atoms with Crippen LogP contribution in [-0.2, 0) is 4.79 Å². The highest BCUT2D eigenvalue weighted by molar-refractivity contribution is 5.86. The van der Waals surface area contributed by atoms with Gasteiger partial charge in [0.05, 0.1) is 6.04 Å². The lowest BCUT2D eigenvalue weighted by molar-refractivity contribution is -0.119. The van der Waals surface area contributed by atoms with Crippen LogP contribution in [0.2, 0.25) is 0 Å². The van der Waals surface area contributed by atoms with E-state index in [0.29, 0.717) is 11.7 Å². The number of ketones is 1. The minimum atomic E-state index is 0.157. The Balaban J connectivity index is 2.46. The first-order valence-corrected chi connectivity index (χ1v) is 4.01. The minimum absolute atomic E-state index is 0.157. The molecule has 1 aliphatic rings. The molecule has 0 aliphatic carbocycles. The largest absolute Gasteiger partial charge is 0.307 e. The molecule has 1 aliphatic heterocycles. The number of nitrogens with one attached hydrogen (secondary N) is 1. The highest BCUT2D eigenvalue weighted by atomic mass is 16.1. The molecule has 10 heavy (non-hydrogen) atoms. The monoisotopic (exact) mass is 141 g/mol. The standard InChI is InChI=1S/C8H15NO/c1-3-6(2)8-7(10)4-5-9-8/h6,8-9H,3-5H2,1-2H3/t6-,8?/m0/s1. The first-order valence-electron chi connectivity index (χ1n) is 4.01. The van der Waals surface area contributed by atoms with Gasteiger partial charge in [0.1, 0.15) is 0 Å². The molecule has 0 bridgehead atoms. The summed E-state index contributed by atoms with van der Waals surface area (Å²) in [5.74, 6) is 0.907. The van der Waals surface area contributed by atoms with Crippen LogP contribution >= 0.6 is 0 Å². The smallest absolute Gasteiger partial charge is 0.151 e. The van der Waals surface area contributed by atoms with E-state index in [9.17, 15) is 4.79 Å². The maximum Gasteiger partial charge on any atom is 0.151 e. The van der Waals surface area contributed by atoms with E-state index in [1.54, 1.807) is 0 Å². The zero-order chi connectivity index (χ0) is 7.56. The van der Waals surface area contributed by atoms with E-state index in [-0.39, 0.29) is 6.04 Å². The molecular weight excluding hydrogens is 126 g/mol. The van der Waals surface area contributed by atoms with Gasteiger partial charge in [-0.25, -0.2) is 0 Å². The van der Waals surface area contributed by atoms with Crippen molar-refractivity contribution in [1.82, 2.24) is 5.32 Å². The predicted molar refractivity (Wildman–Crippen MR) is 40.9 cm³/mol. The van der Waals surface area contributed by atoms with Crippen molar-refractivity contribution in [3.8, 4) is 0 Å². The van der Waals surface area contributed by atoms with Crippen LogP contribution in [0.4, 0.5) is 0 Å². The summed E-state index contributed by atoms with van der Waals surface area (Å²) in [5, 5.41) is 3.21. The summed E-state index contributed by atoms with van der Waals surface area (Å²) in [7, 11) is 0. The summed E-state index contributed by atoms with van der Waals surface area (Å²) < 4.78 is 0. The fourth-order valence-corrected chi connectivity index (χ4v) is 1.37. The molecule has 0 aromatic rings. The van der Waals surface area contributed by atoms with Crippen LogP contribution in [0.1, 0.15) is 26.7 Å². The second-order valence-electron chi connectivity index (χ2n) is 3.03. The Morgan fingerprint density at radius 2 is 2.50 bits per heavy atom. The number of Topliss-reactive ketones (excluding diaryl/α,β-unsaturated/α-hetero) is 1. The van der Waals surface area contributed by atoms with Gasteiger partial charge in [0.15, 0.2) is 5.78 Å². The molecule has 1 fully saturated rings. The first kappa shape index (κ1) is 7.73. The van der Waals surface area contributed by atoms with Crippen molar-refractivity contribution >= 4 is 5.78 Å². The number of carbonyl (C=O) groups is 1. The van der Waals surface area contributed by atoms with Crippen LogP contribution in [0.25, 0.3) is 0 Å². The van der Waals surface area contributed by atoms with Crippen molar-refractivity contribution < 1.29 is 4.79 Å². The normalized spacial score (nSPS) is 29.0. The SMILES string of the molecule is CC[C@H](C)C1NCCC1=O. The van der Waals surface area contributed by atoms with Crippen molar-refractivity contribution in [3.63, 3.8) is 0 Å². The Kier molecular flexibility index (Phi) is 2.44. The van der Waals surface area contributed by atoms with E-state index in [0.717, 1.165) is 19.4 Å². The summed E-state index contributed by atoms with van der Waals surface area (Å²) in [5.41, 5.74) is 0. The zero-order valence-corrected chi connectivity index (χ0v) is 6.68. The van der Waals surface area contributed by atoms with Gasteiger partial charge >= 0.3 is 0 Å². The van der Waals surface area contributed by atoms with Crippen LogP contribution in [0.15, 0.2) is 0 Å². The Morgan fingerprint density at radius 1 is 1.80 bits per heavy atom. The van der Waals surface area contributed by atoms with Gasteiger partial charge in [-0.15, -0.1) is 0 Å². The molecule has 2 nitrogen and oxygen atoms in total. The average molecular weight is 141 g/mol. The van der Waals surface area contributed by atoms with Crippen molar-refractivity contribution in [2.45, 2.75) is 32.7 Å². The highest BCUT2D eigenvalue weighted by Crippen LogP contribution is 2.13. The Hall–Kier alpha value is -0.370. The van der Waals surface area contributed by atoms with Crippen molar-refractivity contribution in [3.05, 3.63) is 0 Å². The van der Waals surface area contributed by atoms with Gasteiger partial charge in [0.25, 0.3) is 0 Å². The summed E-state index contributed by atoms with van der Waals surface area (Å²) in [6.45, 7) is 5.13. The van der Waals surface area contributed by atoms with Gasteiger partial charge in [-0.2, -0.15) is 0 Å². The maximum absolute atomic E-state index is 11.1. The molecule has 0 aromatic heterocycles. The van der Waals surface area contributed by atoms with Gasteiger partial charge in [-0.3, -0.25) is 4.79 Å². The molecule has 0 saturated carbocycles. The molecule has 1 rings (SSSR count). The van der Waals surface area contributed by atoms with Crippen molar-refractivity contribution in [1.29, 1.82) is 0 Å². The average Bonchev–Trinajstić information content (AvgIpc) is 2.34. The summed E-state index contributed by atoms with van der Waals surface area (Å²) in [6, 6.07) is 0.157. The maximum atomic E-state index is 11.1. The number of hydrogen-bond donors (Lipinski definition) is 1. The van der Waals surface area contributed by atoms with Gasteiger partial charge in [-0.05, 0) is 5.92 Å². The lowest BCUT2D eigenvalue weighted by Crippen LogP contribution is -2.33. The Labute approximate surface area is 62.0 Å². The molecule has 1 unspecified atom stereocenters. The summed E-state index contributed by atoms with van der Waals surface area (Å²) >= 11 is 0. The van der Waals surface area contributed by atoms with E-state index in [4.69, 9.17) is 0 Å².